The Morgan fingerprint density at radius 1 is 1.29 bits per heavy atom. The van der Waals surface area contributed by atoms with Crippen molar-refractivity contribution in [2.75, 3.05) is 25.4 Å². The zero-order chi connectivity index (χ0) is 16.6. The van der Waals surface area contributed by atoms with E-state index in [-0.39, 0.29) is 11.7 Å². The number of ether oxygens (including phenoxy) is 1. The van der Waals surface area contributed by atoms with Crippen molar-refractivity contribution in [3.05, 3.63) is 40.8 Å². The second-order valence-electron chi connectivity index (χ2n) is 6.44. The third-order valence-corrected chi connectivity index (χ3v) is 8.46. The molecule has 0 unspecified atom stereocenters. The summed E-state index contributed by atoms with van der Waals surface area (Å²) in [7, 11) is -3.07. The Morgan fingerprint density at radius 3 is 2.79 bits per heavy atom. The molecule has 24 heavy (non-hydrogen) atoms. The molecule has 0 N–H and O–H groups in total. The van der Waals surface area contributed by atoms with Gasteiger partial charge in [-0.05, 0) is 23.9 Å². The van der Waals surface area contributed by atoms with Gasteiger partial charge in [-0.2, -0.15) is 0 Å². The van der Waals surface area contributed by atoms with Crippen molar-refractivity contribution < 1.29 is 13.2 Å². The lowest BCUT2D eigenvalue weighted by Crippen LogP contribution is -2.67. The third-order valence-electron chi connectivity index (χ3n) is 5.00. The minimum Gasteiger partial charge on any atom is -0.463 e. The first-order chi connectivity index (χ1) is 11.6. The van der Waals surface area contributed by atoms with E-state index in [1.54, 1.807) is 29.8 Å². The van der Waals surface area contributed by atoms with Gasteiger partial charge in [-0.3, -0.25) is 4.90 Å². The van der Waals surface area contributed by atoms with E-state index in [2.05, 4.69) is 20.9 Å². The summed E-state index contributed by atoms with van der Waals surface area (Å²) >= 11 is 1.71. The molecule has 1 atom stereocenters. The predicted molar refractivity (Wildman–Crippen MR) is 91.7 cm³/mol. The molecule has 4 rings (SSSR count). The fraction of sp³-hybridized carbons (Fsp3) is 0.500. The molecule has 0 radical (unpaired) electrons. The highest BCUT2D eigenvalue weighted by Gasteiger charge is 2.61. The molecule has 0 saturated carbocycles. The van der Waals surface area contributed by atoms with Gasteiger partial charge in [0.2, 0.25) is 0 Å². The highest BCUT2D eigenvalue weighted by molar-refractivity contribution is 7.93. The van der Waals surface area contributed by atoms with E-state index < -0.39 is 14.6 Å². The molecule has 2 aromatic heterocycles. The highest BCUT2D eigenvalue weighted by atomic mass is 32.2. The van der Waals surface area contributed by atoms with Crippen molar-refractivity contribution >= 4 is 21.2 Å². The number of sulfone groups is 1. The van der Waals surface area contributed by atoms with Crippen molar-refractivity contribution in [3.63, 3.8) is 0 Å². The van der Waals surface area contributed by atoms with Crippen LogP contribution in [-0.4, -0.2) is 53.5 Å². The first kappa shape index (κ1) is 16.0. The number of nitrogens with zero attached hydrogens (tertiary/aromatic N) is 3. The monoisotopic (exact) mass is 365 g/mol. The number of aromatic nitrogens is 2. The van der Waals surface area contributed by atoms with Crippen LogP contribution in [0.3, 0.4) is 0 Å². The second kappa shape index (κ2) is 6.09. The normalized spacial score (nSPS) is 24.8. The smallest absolute Gasteiger partial charge is 0.316 e. The van der Waals surface area contributed by atoms with Gasteiger partial charge in [-0.15, -0.1) is 11.3 Å². The first-order valence-electron chi connectivity index (χ1n) is 7.96. The quantitative estimate of drug-likeness (QED) is 0.802. The van der Waals surface area contributed by atoms with Crippen LogP contribution in [0.2, 0.25) is 0 Å². The van der Waals surface area contributed by atoms with E-state index in [1.807, 2.05) is 11.4 Å². The number of hydrogen-bond acceptors (Lipinski definition) is 7. The second-order valence-corrected chi connectivity index (χ2v) is 9.92. The standard InChI is InChI=1S/C16H19N3O3S2/c20-24(21)8-4-13(10-22-15-17-5-2-6-18-15)16(24)11-19(12-16)9-14-3-1-7-23-14/h1-3,5-7,13H,4,8-12H2/t13-/m0/s1. The molecule has 0 aliphatic carbocycles. The van der Waals surface area contributed by atoms with Crippen LogP contribution >= 0.6 is 11.3 Å². The van der Waals surface area contributed by atoms with E-state index in [1.165, 1.54) is 4.88 Å². The van der Waals surface area contributed by atoms with Crippen LogP contribution in [-0.2, 0) is 16.4 Å². The number of rotatable bonds is 5. The Bertz CT molecular complexity index is 787. The average Bonchev–Trinajstić information content (AvgIpc) is 3.13. The lowest BCUT2D eigenvalue weighted by atomic mass is 9.83. The molecule has 8 heteroatoms. The van der Waals surface area contributed by atoms with E-state index in [0.717, 1.165) is 6.54 Å². The average molecular weight is 365 g/mol. The summed E-state index contributed by atoms with van der Waals surface area (Å²) in [5.74, 6) is 0.259. The molecule has 1 spiro atoms. The Kier molecular flexibility index (Phi) is 4.06. The zero-order valence-electron chi connectivity index (χ0n) is 13.2. The molecule has 2 aliphatic rings. The molecule has 2 aliphatic heterocycles. The molecule has 0 bridgehead atoms. The Labute approximate surface area is 145 Å². The molecular weight excluding hydrogens is 346 g/mol. The number of hydrogen-bond donors (Lipinski definition) is 0. The van der Waals surface area contributed by atoms with Gasteiger partial charge in [-0.1, -0.05) is 6.07 Å². The van der Waals surface area contributed by atoms with E-state index in [0.29, 0.717) is 32.1 Å². The zero-order valence-corrected chi connectivity index (χ0v) is 14.8. The lowest BCUT2D eigenvalue weighted by molar-refractivity contribution is 0.0580. The first-order valence-corrected chi connectivity index (χ1v) is 10.5. The van der Waals surface area contributed by atoms with Crippen LogP contribution in [0.1, 0.15) is 11.3 Å². The summed E-state index contributed by atoms with van der Waals surface area (Å²) in [5, 5.41) is 2.05. The number of thiophene rings is 1. The van der Waals surface area contributed by atoms with Crippen molar-refractivity contribution in [2.45, 2.75) is 17.7 Å². The van der Waals surface area contributed by atoms with Gasteiger partial charge in [0.25, 0.3) is 0 Å². The molecule has 2 aromatic rings. The van der Waals surface area contributed by atoms with Gasteiger partial charge >= 0.3 is 6.01 Å². The summed E-state index contributed by atoms with van der Waals surface area (Å²) in [6, 6.07) is 6.15. The molecule has 128 valence electrons. The minimum atomic E-state index is -3.07. The molecule has 4 heterocycles. The van der Waals surface area contributed by atoms with Crippen LogP contribution < -0.4 is 4.74 Å². The summed E-state index contributed by atoms with van der Waals surface area (Å²) < 4.78 is 30.2. The Balaban J connectivity index is 1.43. The van der Waals surface area contributed by atoms with Crippen LogP contribution in [0.15, 0.2) is 36.0 Å². The predicted octanol–water partition coefficient (Wildman–Crippen LogP) is 1.61. The maximum atomic E-state index is 12.6. The van der Waals surface area contributed by atoms with Crippen LogP contribution in [0.25, 0.3) is 0 Å². The fourth-order valence-electron chi connectivity index (χ4n) is 3.69. The van der Waals surface area contributed by atoms with Crippen LogP contribution in [0.4, 0.5) is 0 Å². The maximum Gasteiger partial charge on any atom is 0.316 e. The van der Waals surface area contributed by atoms with Gasteiger partial charge in [0.05, 0.1) is 12.4 Å². The van der Waals surface area contributed by atoms with Crippen molar-refractivity contribution in [1.29, 1.82) is 0 Å². The molecule has 0 aromatic carbocycles. The van der Waals surface area contributed by atoms with Crippen LogP contribution in [0.5, 0.6) is 6.01 Å². The highest BCUT2D eigenvalue weighted by Crippen LogP contribution is 2.45. The van der Waals surface area contributed by atoms with E-state index in [9.17, 15) is 8.42 Å². The summed E-state index contributed by atoms with van der Waals surface area (Å²) in [6.07, 6.45) is 3.90. The summed E-state index contributed by atoms with van der Waals surface area (Å²) in [6.45, 7) is 2.37. The Hall–Kier alpha value is -1.51. The molecule has 6 nitrogen and oxygen atoms in total. The molecular formula is C16H19N3O3S2. The lowest BCUT2D eigenvalue weighted by Gasteiger charge is -2.49. The van der Waals surface area contributed by atoms with Gasteiger partial charge in [0.1, 0.15) is 4.75 Å². The topological polar surface area (TPSA) is 72.4 Å². The number of likely N-dealkylation sites (tertiary alicyclic amines) is 1. The maximum absolute atomic E-state index is 12.6. The minimum absolute atomic E-state index is 0.00546. The Morgan fingerprint density at radius 2 is 2.08 bits per heavy atom. The van der Waals surface area contributed by atoms with Crippen LogP contribution in [0, 0.1) is 5.92 Å². The molecule has 0 amide bonds. The summed E-state index contributed by atoms with van der Waals surface area (Å²) in [5.41, 5.74) is 0. The van der Waals surface area contributed by atoms with Gasteiger partial charge in [0.15, 0.2) is 9.84 Å². The van der Waals surface area contributed by atoms with E-state index >= 15 is 0 Å². The van der Waals surface area contributed by atoms with Gasteiger partial charge in [0, 0.05) is 42.8 Å². The van der Waals surface area contributed by atoms with Crippen molar-refractivity contribution in [3.8, 4) is 6.01 Å². The fourth-order valence-corrected chi connectivity index (χ4v) is 6.89. The van der Waals surface area contributed by atoms with Crippen molar-refractivity contribution in [2.24, 2.45) is 5.92 Å². The van der Waals surface area contributed by atoms with Gasteiger partial charge < -0.3 is 4.74 Å². The van der Waals surface area contributed by atoms with Gasteiger partial charge in [-0.25, -0.2) is 18.4 Å². The summed E-state index contributed by atoms with van der Waals surface area (Å²) in [4.78, 5) is 11.6. The van der Waals surface area contributed by atoms with Crippen molar-refractivity contribution in [1.82, 2.24) is 14.9 Å². The molecule has 2 fully saturated rings. The SMILES string of the molecule is O=S1(=O)CC[C@@H](COc2ncccn2)C12CN(Cc1cccs1)C2. The van der Waals surface area contributed by atoms with E-state index in [4.69, 9.17) is 4.74 Å². The molecule has 2 saturated heterocycles. The third kappa shape index (κ3) is 2.72. The largest absolute Gasteiger partial charge is 0.463 e.